The molecule has 5 heteroatoms. The minimum atomic E-state index is 0.209. The summed E-state index contributed by atoms with van der Waals surface area (Å²) in [6, 6.07) is 2.01. The van der Waals surface area contributed by atoms with Crippen molar-refractivity contribution in [3.05, 3.63) is 20.8 Å². The summed E-state index contributed by atoms with van der Waals surface area (Å²) in [6.07, 6.45) is 1.03. The Labute approximate surface area is 106 Å². The van der Waals surface area contributed by atoms with Crippen LogP contribution in [0.2, 0.25) is 0 Å². The molecule has 0 bridgehead atoms. The Hall–Kier alpha value is -0.000000000000000111. The molecule has 1 aromatic rings. The first-order valence-electron chi connectivity index (χ1n) is 4.84. The van der Waals surface area contributed by atoms with Crippen molar-refractivity contribution >= 4 is 44.9 Å². The lowest BCUT2D eigenvalue weighted by Crippen LogP contribution is -2.29. The van der Waals surface area contributed by atoms with Gasteiger partial charge in [0.05, 0.1) is 6.54 Å². The fraction of sp³-hybridized carbons (Fsp3) is 0.500. The van der Waals surface area contributed by atoms with E-state index in [1.807, 2.05) is 23.2 Å². The molecule has 1 N–H and O–H groups in total. The van der Waals surface area contributed by atoms with Gasteiger partial charge in [0.25, 0.3) is 0 Å². The van der Waals surface area contributed by atoms with E-state index in [0.717, 1.165) is 22.4 Å². The average molecular weight is 306 g/mol. The van der Waals surface area contributed by atoms with Crippen LogP contribution in [0, 0.1) is 5.92 Å². The topological polar surface area (TPSA) is 29.1 Å². The summed E-state index contributed by atoms with van der Waals surface area (Å²) >= 11 is 6.99. The molecule has 2 heterocycles. The van der Waals surface area contributed by atoms with Gasteiger partial charge in [0.2, 0.25) is 5.91 Å². The van der Waals surface area contributed by atoms with Gasteiger partial charge in [0.1, 0.15) is 0 Å². The Balaban J connectivity index is 1.83. The number of nitrogens with one attached hydrogen (secondary N) is 1. The quantitative estimate of drug-likeness (QED) is 0.930. The molecule has 1 aromatic heterocycles. The number of carbonyl (C=O) groups is 1. The van der Waals surface area contributed by atoms with Crippen LogP contribution in [0.15, 0.2) is 15.9 Å². The highest BCUT2D eigenvalue weighted by molar-refractivity contribution is 9.10. The van der Waals surface area contributed by atoms with Gasteiger partial charge in [-0.2, -0.15) is 11.8 Å². The molecule has 2 nitrogen and oxygen atoms in total. The summed E-state index contributed by atoms with van der Waals surface area (Å²) < 4.78 is 1.09. The van der Waals surface area contributed by atoms with Gasteiger partial charge >= 0.3 is 0 Å². The molecule has 15 heavy (non-hydrogen) atoms. The van der Waals surface area contributed by atoms with E-state index in [1.54, 1.807) is 11.3 Å². The standard InChI is InChI=1S/C10H12BrNOS2/c11-8-2-4-15-9(8)5-12-10(13)7-1-3-14-6-7/h2,4,7H,1,3,5-6H2,(H,12,13). The lowest BCUT2D eigenvalue weighted by atomic mass is 10.1. The Kier molecular flexibility index (Phi) is 4.11. The first kappa shape index (κ1) is 11.5. The molecule has 0 radical (unpaired) electrons. The van der Waals surface area contributed by atoms with Crippen molar-refractivity contribution in [3.8, 4) is 0 Å². The van der Waals surface area contributed by atoms with E-state index in [2.05, 4.69) is 21.2 Å². The highest BCUT2D eigenvalue weighted by Gasteiger charge is 2.22. The fourth-order valence-electron chi connectivity index (χ4n) is 1.50. The number of carbonyl (C=O) groups excluding carboxylic acids is 1. The summed E-state index contributed by atoms with van der Waals surface area (Å²) in [5.41, 5.74) is 0. The van der Waals surface area contributed by atoms with Crippen LogP contribution in [-0.2, 0) is 11.3 Å². The highest BCUT2D eigenvalue weighted by Crippen LogP contribution is 2.25. The van der Waals surface area contributed by atoms with Crippen LogP contribution >= 0.6 is 39.0 Å². The van der Waals surface area contributed by atoms with Gasteiger partial charge < -0.3 is 5.32 Å². The molecule has 1 unspecified atom stereocenters. The SMILES string of the molecule is O=C(NCc1sccc1Br)C1CCSC1. The zero-order valence-electron chi connectivity index (χ0n) is 8.16. The Morgan fingerprint density at radius 2 is 2.53 bits per heavy atom. The van der Waals surface area contributed by atoms with Gasteiger partial charge in [-0.3, -0.25) is 4.79 Å². The van der Waals surface area contributed by atoms with E-state index in [9.17, 15) is 4.79 Å². The summed E-state index contributed by atoms with van der Waals surface area (Å²) in [5.74, 6) is 2.55. The second-order valence-electron chi connectivity index (χ2n) is 3.47. The third kappa shape index (κ3) is 2.98. The average Bonchev–Trinajstić information content (AvgIpc) is 2.85. The maximum absolute atomic E-state index is 11.7. The van der Waals surface area contributed by atoms with Crippen molar-refractivity contribution in [2.75, 3.05) is 11.5 Å². The van der Waals surface area contributed by atoms with Crippen molar-refractivity contribution in [1.29, 1.82) is 0 Å². The van der Waals surface area contributed by atoms with Crippen molar-refractivity contribution in [1.82, 2.24) is 5.32 Å². The Morgan fingerprint density at radius 1 is 1.67 bits per heavy atom. The summed E-state index contributed by atoms with van der Waals surface area (Å²) in [4.78, 5) is 12.9. The fourth-order valence-corrected chi connectivity index (χ4v) is 4.16. The first-order chi connectivity index (χ1) is 7.27. The second kappa shape index (κ2) is 5.37. The maximum atomic E-state index is 11.7. The van der Waals surface area contributed by atoms with Crippen molar-refractivity contribution < 1.29 is 4.79 Å². The van der Waals surface area contributed by atoms with Crippen LogP contribution < -0.4 is 5.32 Å². The van der Waals surface area contributed by atoms with Gasteiger partial charge in [-0.25, -0.2) is 0 Å². The van der Waals surface area contributed by atoms with Crippen LogP contribution in [-0.4, -0.2) is 17.4 Å². The molecule has 0 aromatic carbocycles. The zero-order chi connectivity index (χ0) is 10.7. The van der Waals surface area contributed by atoms with E-state index >= 15 is 0 Å². The predicted octanol–water partition coefficient (Wildman–Crippen LogP) is 2.88. The molecule has 0 saturated carbocycles. The number of hydrogen-bond acceptors (Lipinski definition) is 3. The first-order valence-corrected chi connectivity index (χ1v) is 7.67. The molecule has 1 amide bonds. The van der Waals surface area contributed by atoms with Crippen molar-refractivity contribution in [2.24, 2.45) is 5.92 Å². The molecular formula is C10H12BrNOS2. The molecular weight excluding hydrogens is 294 g/mol. The third-order valence-corrected chi connectivity index (χ3v) is 5.50. The maximum Gasteiger partial charge on any atom is 0.224 e. The molecule has 1 aliphatic rings. The van der Waals surface area contributed by atoms with Gasteiger partial charge in [-0.05, 0) is 39.6 Å². The van der Waals surface area contributed by atoms with Gasteiger partial charge in [0, 0.05) is 21.0 Å². The van der Waals surface area contributed by atoms with Gasteiger partial charge in [-0.15, -0.1) is 11.3 Å². The number of amides is 1. The van der Waals surface area contributed by atoms with Crippen LogP contribution in [0.25, 0.3) is 0 Å². The molecule has 2 rings (SSSR count). The van der Waals surface area contributed by atoms with Crippen LogP contribution in [0.5, 0.6) is 0 Å². The zero-order valence-corrected chi connectivity index (χ0v) is 11.4. The van der Waals surface area contributed by atoms with Gasteiger partial charge in [0.15, 0.2) is 0 Å². The molecule has 1 atom stereocenters. The van der Waals surface area contributed by atoms with Crippen LogP contribution in [0.3, 0.4) is 0 Å². The Bertz CT molecular complexity index is 347. The summed E-state index contributed by atoms with van der Waals surface area (Å²) in [5, 5.41) is 5.02. The smallest absolute Gasteiger partial charge is 0.224 e. The summed E-state index contributed by atoms with van der Waals surface area (Å²) in [6.45, 7) is 0.651. The molecule has 1 aliphatic heterocycles. The normalized spacial score (nSPS) is 20.5. The second-order valence-corrected chi connectivity index (χ2v) is 6.47. The lowest BCUT2D eigenvalue weighted by molar-refractivity contribution is -0.124. The third-order valence-electron chi connectivity index (χ3n) is 2.41. The minimum Gasteiger partial charge on any atom is -0.351 e. The van der Waals surface area contributed by atoms with E-state index in [0.29, 0.717) is 6.54 Å². The van der Waals surface area contributed by atoms with Crippen LogP contribution in [0.4, 0.5) is 0 Å². The Morgan fingerprint density at radius 3 is 3.13 bits per heavy atom. The van der Waals surface area contributed by atoms with E-state index in [-0.39, 0.29) is 11.8 Å². The minimum absolute atomic E-state index is 0.209. The van der Waals surface area contributed by atoms with Crippen molar-refractivity contribution in [2.45, 2.75) is 13.0 Å². The number of thiophene rings is 1. The van der Waals surface area contributed by atoms with Crippen molar-refractivity contribution in [3.63, 3.8) is 0 Å². The lowest BCUT2D eigenvalue weighted by Gasteiger charge is -2.08. The van der Waals surface area contributed by atoms with E-state index in [4.69, 9.17) is 0 Å². The van der Waals surface area contributed by atoms with Gasteiger partial charge in [-0.1, -0.05) is 0 Å². The summed E-state index contributed by atoms with van der Waals surface area (Å²) in [7, 11) is 0. The highest BCUT2D eigenvalue weighted by atomic mass is 79.9. The molecule has 0 spiro atoms. The molecule has 1 fully saturated rings. The number of rotatable bonds is 3. The van der Waals surface area contributed by atoms with E-state index < -0.39 is 0 Å². The number of thioether (sulfide) groups is 1. The molecule has 1 saturated heterocycles. The predicted molar refractivity (Wildman–Crippen MR) is 69.3 cm³/mol. The number of halogens is 1. The number of hydrogen-bond donors (Lipinski definition) is 1. The molecule has 0 aliphatic carbocycles. The van der Waals surface area contributed by atoms with Crippen LogP contribution in [0.1, 0.15) is 11.3 Å². The van der Waals surface area contributed by atoms with E-state index in [1.165, 1.54) is 4.88 Å². The molecule has 82 valence electrons. The monoisotopic (exact) mass is 305 g/mol. The largest absolute Gasteiger partial charge is 0.351 e.